The van der Waals surface area contributed by atoms with Gasteiger partial charge in [0.2, 0.25) is 0 Å². The van der Waals surface area contributed by atoms with E-state index in [0.29, 0.717) is 11.8 Å². The second-order valence-corrected chi connectivity index (χ2v) is 6.68. The van der Waals surface area contributed by atoms with Gasteiger partial charge in [-0.15, -0.1) is 0 Å². The van der Waals surface area contributed by atoms with Crippen LogP contribution < -0.4 is 10.5 Å². The van der Waals surface area contributed by atoms with E-state index in [1.165, 1.54) is 12.1 Å². The normalized spacial score (nSPS) is 29.3. The van der Waals surface area contributed by atoms with E-state index in [1.54, 1.807) is 0 Å². The summed E-state index contributed by atoms with van der Waals surface area (Å²) in [6.07, 6.45) is 1.24. The maximum Gasteiger partial charge on any atom is 0.274 e. The third-order valence-electron chi connectivity index (χ3n) is 5.12. The first kappa shape index (κ1) is 13.3. The lowest BCUT2D eigenvalue weighted by Crippen LogP contribution is -2.47. The topological polar surface area (TPSA) is 37.7 Å². The number of hydrogen-bond acceptors (Lipinski definition) is 4. The van der Waals surface area contributed by atoms with Gasteiger partial charge in [-0.1, -0.05) is 0 Å². The molecule has 0 aliphatic carbocycles. The molecule has 2 unspecified atom stereocenters. The van der Waals surface area contributed by atoms with Gasteiger partial charge in [0.15, 0.2) is 0 Å². The first-order valence-corrected chi connectivity index (χ1v) is 7.97. The van der Waals surface area contributed by atoms with E-state index in [2.05, 4.69) is 27.5 Å². The fourth-order valence-electron chi connectivity index (χ4n) is 4.22. The molecule has 21 heavy (non-hydrogen) atoms. The molecule has 2 fully saturated rings. The maximum absolute atomic E-state index is 12.9. The molecule has 2 bridgehead atoms. The van der Waals surface area contributed by atoms with E-state index in [0.717, 1.165) is 51.6 Å². The van der Waals surface area contributed by atoms with E-state index >= 15 is 0 Å². The van der Waals surface area contributed by atoms with Crippen LogP contribution in [0.4, 0.5) is 5.69 Å². The molecule has 2 saturated heterocycles. The molecule has 0 radical (unpaired) electrons. The van der Waals surface area contributed by atoms with E-state index in [1.807, 2.05) is 6.07 Å². The third-order valence-corrected chi connectivity index (χ3v) is 5.12. The molecule has 0 spiro atoms. The van der Waals surface area contributed by atoms with Crippen molar-refractivity contribution in [2.24, 2.45) is 5.92 Å². The van der Waals surface area contributed by atoms with Crippen molar-refractivity contribution in [2.45, 2.75) is 18.9 Å². The summed E-state index contributed by atoms with van der Waals surface area (Å²) in [5.41, 5.74) is 2.30. The number of anilines is 1. The number of pyridine rings is 1. The van der Waals surface area contributed by atoms with Gasteiger partial charge in [0.1, 0.15) is 5.69 Å². The van der Waals surface area contributed by atoms with Gasteiger partial charge in [-0.25, -0.2) is 0 Å². The standard InChI is InChI=1S/C16H23N3O2/c1-17-9-12-8-13(11-17)14-2-3-15(16(20)19(14)10-12)18-4-6-21-7-5-18/h2-3,12-13H,4-11H2,1H3. The summed E-state index contributed by atoms with van der Waals surface area (Å²) in [6.45, 7) is 6.16. The average molecular weight is 289 g/mol. The lowest BCUT2D eigenvalue weighted by molar-refractivity contribution is 0.122. The van der Waals surface area contributed by atoms with Crippen LogP contribution in [-0.4, -0.2) is 55.9 Å². The third kappa shape index (κ3) is 2.28. The summed E-state index contributed by atoms with van der Waals surface area (Å²) < 4.78 is 7.44. The Kier molecular flexibility index (Phi) is 3.27. The Balaban J connectivity index is 1.72. The molecule has 0 aromatic carbocycles. The molecule has 5 heteroatoms. The quantitative estimate of drug-likeness (QED) is 0.764. The molecule has 4 heterocycles. The number of aromatic nitrogens is 1. The molecule has 1 aromatic rings. The minimum Gasteiger partial charge on any atom is -0.378 e. The van der Waals surface area contributed by atoms with Gasteiger partial charge in [0.05, 0.1) is 13.2 Å². The Morgan fingerprint density at radius 2 is 1.95 bits per heavy atom. The Labute approximate surface area is 125 Å². The Bertz CT molecular complexity index is 592. The Morgan fingerprint density at radius 3 is 2.76 bits per heavy atom. The number of hydrogen-bond donors (Lipinski definition) is 0. The van der Waals surface area contributed by atoms with Gasteiger partial charge < -0.3 is 19.1 Å². The van der Waals surface area contributed by atoms with Crippen molar-refractivity contribution >= 4 is 5.69 Å². The maximum atomic E-state index is 12.9. The predicted octanol–water partition coefficient (Wildman–Crippen LogP) is 0.734. The number of fused-ring (bicyclic) bond motifs is 4. The van der Waals surface area contributed by atoms with E-state index < -0.39 is 0 Å². The highest BCUT2D eigenvalue weighted by Gasteiger charge is 2.34. The Morgan fingerprint density at radius 1 is 1.14 bits per heavy atom. The number of nitrogens with zero attached hydrogens (tertiary/aromatic N) is 3. The molecule has 3 aliphatic rings. The number of rotatable bonds is 1. The molecule has 5 nitrogen and oxygen atoms in total. The van der Waals surface area contributed by atoms with Gasteiger partial charge in [0.25, 0.3) is 5.56 Å². The summed E-state index contributed by atoms with van der Waals surface area (Å²) >= 11 is 0. The highest BCUT2D eigenvalue weighted by atomic mass is 16.5. The predicted molar refractivity (Wildman–Crippen MR) is 82.1 cm³/mol. The highest BCUT2D eigenvalue weighted by Crippen LogP contribution is 2.35. The van der Waals surface area contributed by atoms with Crippen molar-refractivity contribution in [3.63, 3.8) is 0 Å². The van der Waals surface area contributed by atoms with Crippen LogP contribution >= 0.6 is 0 Å². The summed E-state index contributed by atoms with van der Waals surface area (Å²) in [7, 11) is 2.19. The van der Waals surface area contributed by atoms with Crippen molar-refractivity contribution in [3.8, 4) is 0 Å². The summed E-state index contributed by atoms with van der Waals surface area (Å²) in [5, 5.41) is 0. The van der Waals surface area contributed by atoms with Crippen LogP contribution in [0.1, 0.15) is 18.0 Å². The second-order valence-electron chi connectivity index (χ2n) is 6.68. The molecule has 0 N–H and O–H groups in total. The molecule has 0 saturated carbocycles. The SMILES string of the molecule is CN1CC2CC(C1)c1ccc(N3CCOCC3)c(=O)n1C2. The molecule has 4 rings (SSSR count). The second kappa shape index (κ2) is 5.14. The van der Waals surface area contributed by atoms with Crippen molar-refractivity contribution in [1.82, 2.24) is 9.47 Å². The Hall–Kier alpha value is -1.33. The van der Waals surface area contributed by atoms with Crippen LogP contribution in [0.25, 0.3) is 0 Å². The van der Waals surface area contributed by atoms with Gasteiger partial charge in [-0.3, -0.25) is 4.79 Å². The van der Waals surface area contributed by atoms with Crippen LogP contribution in [0.3, 0.4) is 0 Å². The summed E-state index contributed by atoms with van der Waals surface area (Å²) in [6, 6.07) is 4.22. The largest absolute Gasteiger partial charge is 0.378 e. The first-order valence-electron chi connectivity index (χ1n) is 7.97. The van der Waals surface area contributed by atoms with Crippen molar-refractivity contribution in [1.29, 1.82) is 0 Å². The molecule has 2 atom stereocenters. The zero-order chi connectivity index (χ0) is 14.4. The monoisotopic (exact) mass is 289 g/mol. The first-order chi connectivity index (χ1) is 10.2. The van der Waals surface area contributed by atoms with E-state index in [-0.39, 0.29) is 5.56 Å². The van der Waals surface area contributed by atoms with Crippen LogP contribution in [0.15, 0.2) is 16.9 Å². The number of morpholine rings is 1. The zero-order valence-corrected chi connectivity index (χ0v) is 12.6. The van der Waals surface area contributed by atoms with Gasteiger partial charge >= 0.3 is 0 Å². The molecule has 0 amide bonds. The van der Waals surface area contributed by atoms with Crippen LogP contribution in [0, 0.1) is 5.92 Å². The van der Waals surface area contributed by atoms with Gasteiger partial charge in [0, 0.05) is 44.3 Å². The lowest BCUT2D eigenvalue weighted by Gasteiger charge is -2.42. The number of piperidine rings is 1. The van der Waals surface area contributed by atoms with Crippen LogP contribution in [-0.2, 0) is 11.3 Å². The number of likely N-dealkylation sites (tertiary alicyclic amines) is 1. The van der Waals surface area contributed by atoms with Gasteiger partial charge in [-0.05, 0) is 31.5 Å². The van der Waals surface area contributed by atoms with Gasteiger partial charge in [-0.2, -0.15) is 0 Å². The highest BCUT2D eigenvalue weighted by molar-refractivity contribution is 5.46. The summed E-state index contributed by atoms with van der Waals surface area (Å²) in [4.78, 5) is 17.5. The van der Waals surface area contributed by atoms with Crippen molar-refractivity contribution in [3.05, 3.63) is 28.2 Å². The molecular weight excluding hydrogens is 266 g/mol. The summed E-state index contributed by atoms with van der Waals surface area (Å²) in [5.74, 6) is 1.15. The molecule has 1 aromatic heterocycles. The van der Waals surface area contributed by atoms with E-state index in [4.69, 9.17) is 4.74 Å². The fourth-order valence-corrected chi connectivity index (χ4v) is 4.22. The van der Waals surface area contributed by atoms with Crippen molar-refractivity contribution in [2.75, 3.05) is 51.3 Å². The minimum absolute atomic E-state index is 0.202. The average Bonchev–Trinajstić information content (AvgIpc) is 2.49. The molecule has 114 valence electrons. The fraction of sp³-hybridized carbons (Fsp3) is 0.688. The number of ether oxygens (including phenoxy) is 1. The molecule has 3 aliphatic heterocycles. The van der Waals surface area contributed by atoms with Crippen molar-refractivity contribution < 1.29 is 4.74 Å². The van der Waals surface area contributed by atoms with Crippen LogP contribution in [0.2, 0.25) is 0 Å². The van der Waals surface area contributed by atoms with E-state index in [9.17, 15) is 4.79 Å². The van der Waals surface area contributed by atoms with Crippen LogP contribution in [0.5, 0.6) is 0 Å². The lowest BCUT2D eigenvalue weighted by atomic mass is 9.83. The smallest absolute Gasteiger partial charge is 0.274 e. The minimum atomic E-state index is 0.202. The number of likely N-dealkylation sites (N-methyl/N-ethyl adjacent to an activating group) is 1. The zero-order valence-electron chi connectivity index (χ0n) is 12.6. The molecular formula is C16H23N3O2.